The molecule has 0 saturated heterocycles. The van der Waals surface area contributed by atoms with E-state index < -0.39 is 0 Å². The van der Waals surface area contributed by atoms with E-state index in [0.717, 1.165) is 32.1 Å². The van der Waals surface area contributed by atoms with Gasteiger partial charge in [0.05, 0.1) is 18.1 Å². The second-order valence-corrected chi connectivity index (χ2v) is 8.30. The van der Waals surface area contributed by atoms with E-state index >= 15 is 0 Å². The molecule has 3 aliphatic rings. The summed E-state index contributed by atoms with van der Waals surface area (Å²) in [6.45, 7) is 6.62. The molecule has 0 aliphatic heterocycles. The number of ketones is 1. The number of hydrogen-bond donors (Lipinski definition) is 0. The molecule has 2 bridgehead atoms. The predicted molar refractivity (Wildman–Crippen MR) is 86.8 cm³/mol. The molecule has 0 N–H and O–H groups in total. The Morgan fingerprint density at radius 3 is 2.65 bits per heavy atom. The van der Waals surface area contributed by atoms with E-state index in [1.165, 1.54) is 0 Å². The van der Waals surface area contributed by atoms with Crippen LogP contribution in [0.25, 0.3) is 0 Å². The first-order valence-corrected chi connectivity index (χ1v) is 9.09. The van der Waals surface area contributed by atoms with Gasteiger partial charge in [-0.05, 0) is 63.2 Å². The molecule has 3 fully saturated rings. The molecule has 4 nitrogen and oxygen atoms in total. The van der Waals surface area contributed by atoms with Gasteiger partial charge in [-0.15, -0.1) is 0 Å². The van der Waals surface area contributed by atoms with Crippen LogP contribution in [0.2, 0.25) is 0 Å². The van der Waals surface area contributed by atoms with Crippen LogP contribution in [-0.2, 0) is 19.1 Å². The first kappa shape index (κ1) is 16.9. The number of Topliss-reactive ketones (excluding diaryl/α,β-unsaturated/α-hetero) is 1. The quantitative estimate of drug-likeness (QED) is 0.748. The van der Waals surface area contributed by atoms with Crippen LogP contribution < -0.4 is 0 Å². The molecule has 4 heteroatoms. The Balaban J connectivity index is 1.94. The summed E-state index contributed by atoms with van der Waals surface area (Å²) in [4.78, 5) is 25.4. The lowest BCUT2D eigenvalue weighted by molar-refractivity contribution is -0.158. The third-order valence-electron chi connectivity index (χ3n) is 7.20. The summed E-state index contributed by atoms with van der Waals surface area (Å²) < 4.78 is 11.2. The highest BCUT2D eigenvalue weighted by Gasteiger charge is 2.58. The van der Waals surface area contributed by atoms with Crippen LogP contribution >= 0.6 is 0 Å². The number of esters is 1. The smallest absolute Gasteiger partial charge is 0.309 e. The van der Waals surface area contributed by atoms with Gasteiger partial charge in [-0.2, -0.15) is 0 Å². The molecule has 3 aliphatic carbocycles. The zero-order valence-electron chi connectivity index (χ0n) is 14.9. The van der Waals surface area contributed by atoms with Crippen LogP contribution in [0.15, 0.2) is 0 Å². The third kappa shape index (κ3) is 2.63. The van der Waals surface area contributed by atoms with E-state index in [9.17, 15) is 9.59 Å². The highest BCUT2D eigenvalue weighted by atomic mass is 16.5. The van der Waals surface area contributed by atoms with Crippen LogP contribution in [0.5, 0.6) is 0 Å². The Morgan fingerprint density at radius 1 is 1.26 bits per heavy atom. The Hall–Kier alpha value is -0.900. The van der Waals surface area contributed by atoms with Crippen molar-refractivity contribution in [2.75, 3.05) is 13.7 Å². The van der Waals surface area contributed by atoms with Crippen LogP contribution in [0.1, 0.15) is 59.3 Å². The standard InChI is InChI=1S/C19H30O4/c1-5-23-17(21)15-10-16(20)12-6-9-19(3,22-4)14-7-8-18(15,2)11-13(12)14/h12-15H,5-11H2,1-4H3/t12-,13-,14-,15-,18+,19-/m1/s1. The van der Waals surface area contributed by atoms with E-state index in [-0.39, 0.29) is 34.6 Å². The molecule has 3 rings (SSSR count). The molecule has 6 atom stereocenters. The van der Waals surface area contributed by atoms with Crippen molar-refractivity contribution < 1.29 is 19.1 Å². The first-order valence-electron chi connectivity index (χ1n) is 9.09. The fraction of sp³-hybridized carbons (Fsp3) is 0.895. The maximum Gasteiger partial charge on any atom is 0.309 e. The van der Waals surface area contributed by atoms with E-state index in [2.05, 4.69) is 13.8 Å². The molecule has 0 radical (unpaired) electrons. The molecular weight excluding hydrogens is 292 g/mol. The van der Waals surface area contributed by atoms with Gasteiger partial charge in [0.15, 0.2) is 0 Å². The normalized spacial score (nSPS) is 46.2. The van der Waals surface area contributed by atoms with Crippen molar-refractivity contribution in [2.45, 2.75) is 64.9 Å². The summed E-state index contributed by atoms with van der Waals surface area (Å²) in [5, 5.41) is 0. The lowest BCUT2D eigenvalue weighted by Crippen LogP contribution is -2.52. The van der Waals surface area contributed by atoms with E-state index in [1.807, 2.05) is 6.92 Å². The molecular formula is C19H30O4. The van der Waals surface area contributed by atoms with Gasteiger partial charge >= 0.3 is 5.97 Å². The van der Waals surface area contributed by atoms with Gasteiger partial charge in [0, 0.05) is 19.4 Å². The largest absolute Gasteiger partial charge is 0.466 e. The number of carbonyl (C=O) groups excluding carboxylic acids is 2. The van der Waals surface area contributed by atoms with Crippen molar-refractivity contribution in [1.82, 2.24) is 0 Å². The van der Waals surface area contributed by atoms with Crippen LogP contribution in [0, 0.1) is 29.1 Å². The average Bonchev–Trinajstić information content (AvgIpc) is 2.60. The fourth-order valence-corrected chi connectivity index (χ4v) is 5.68. The van der Waals surface area contributed by atoms with Gasteiger partial charge in [0.1, 0.15) is 5.78 Å². The maximum absolute atomic E-state index is 12.9. The summed E-state index contributed by atoms with van der Waals surface area (Å²) in [5.74, 6) is 0.748. The van der Waals surface area contributed by atoms with Gasteiger partial charge in [0.25, 0.3) is 0 Å². The van der Waals surface area contributed by atoms with Crippen molar-refractivity contribution in [1.29, 1.82) is 0 Å². The Bertz CT molecular complexity index is 502. The topological polar surface area (TPSA) is 52.6 Å². The van der Waals surface area contributed by atoms with E-state index in [4.69, 9.17) is 9.47 Å². The van der Waals surface area contributed by atoms with Gasteiger partial charge in [-0.3, -0.25) is 9.59 Å². The fourth-order valence-electron chi connectivity index (χ4n) is 5.68. The molecule has 0 spiro atoms. The minimum absolute atomic E-state index is 0.107. The van der Waals surface area contributed by atoms with Gasteiger partial charge < -0.3 is 9.47 Å². The van der Waals surface area contributed by atoms with Crippen molar-refractivity contribution in [2.24, 2.45) is 29.1 Å². The number of carbonyl (C=O) groups is 2. The molecule has 0 aromatic heterocycles. The Kier molecular flexibility index (Phi) is 4.33. The minimum Gasteiger partial charge on any atom is -0.466 e. The Morgan fingerprint density at radius 2 is 2.00 bits per heavy atom. The molecule has 0 unspecified atom stereocenters. The minimum atomic E-state index is -0.268. The van der Waals surface area contributed by atoms with Crippen LogP contribution in [0.4, 0.5) is 0 Å². The second kappa shape index (κ2) is 5.87. The highest BCUT2D eigenvalue weighted by molar-refractivity contribution is 5.87. The van der Waals surface area contributed by atoms with E-state index in [1.54, 1.807) is 7.11 Å². The molecule has 130 valence electrons. The second-order valence-electron chi connectivity index (χ2n) is 8.30. The average molecular weight is 322 g/mol. The number of ether oxygens (including phenoxy) is 2. The number of rotatable bonds is 3. The zero-order valence-corrected chi connectivity index (χ0v) is 14.9. The third-order valence-corrected chi connectivity index (χ3v) is 7.20. The first-order chi connectivity index (χ1) is 10.8. The molecule has 0 amide bonds. The maximum atomic E-state index is 12.9. The zero-order chi connectivity index (χ0) is 16.8. The summed E-state index contributed by atoms with van der Waals surface area (Å²) in [7, 11) is 1.80. The lowest BCUT2D eigenvalue weighted by atomic mass is 9.54. The molecule has 3 saturated carbocycles. The summed E-state index contributed by atoms with van der Waals surface area (Å²) >= 11 is 0. The SMILES string of the molecule is CCOC(=O)[C@H]1CC(=O)[C@@H]2CC[C@@](C)(OC)[C@@H]3CC[C@@]1(C)C[C@@H]32. The van der Waals surface area contributed by atoms with Gasteiger partial charge in [-0.25, -0.2) is 0 Å². The van der Waals surface area contributed by atoms with Crippen molar-refractivity contribution in [3.05, 3.63) is 0 Å². The molecule has 23 heavy (non-hydrogen) atoms. The van der Waals surface area contributed by atoms with Gasteiger partial charge in [-0.1, -0.05) is 6.92 Å². The summed E-state index contributed by atoms with van der Waals surface area (Å²) in [5.41, 5.74) is -0.226. The molecule has 0 heterocycles. The summed E-state index contributed by atoms with van der Waals surface area (Å²) in [6.07, 6.45) is 5.20. The monoisotopic (exact) mass is 322 g/mol. The van der Waals surface area contributed by atoms with Gasteiger partial charge in [0.2, 0.25) is 0 Å². The number of fused-ring (bicyclic) bond motifs is 1. The molecule has 0 aromatic carbocycles. The highest BCUT2D eigenvalue weighted by Crippen LogP contribution is 2.59. The summed E-state index contributed by atoms with van der Waals surface area (Å²) in [6, 6.07) is 0. The number of methoxy groups -OCH3 is 1. The van der Waals surface area contributed by atoms with Crippen molar-refractivity contribution in [3.8, 4) is 0 Å². The lowest BCUT2D eigenvalue weighted by Gasteiger charge is -2.53. The predicted octanol–water partition coefficient (Wildman–Crippen LogP) is 3.38. The van der Waals surface area contributed by atoms with Crippen LogP contribution in [0.3, 0.4) is 0 Å². The van der Waals surface area contributed by atoms with Crippen LogP contribution in [-0.4, -0.2) is 31.1 Å². The molecule has 0 aromatic rings. The number of hydrogen-bond acceptors (Lipinski definition) is 4. The Labute approximate surface area is 139 Å². The van der Waals surface area contributed by atoms with Crippen molar-refractivity contribution >= 4 is 11.8 Å². The van der Waals surface area contributed by atoms with E-state index in [0.29, 0.717) is 24.9 Å². The van der Waals surface area contributed by atoms with Crippen molar-refractivity contribution in [3.63, 3.8) is 0 Å².